The van der Waals surface area contributed by atoms with Gasteiger partial charge in [0.2, 0.25) is 0 Å². The Balaban J connectivity index is 1.57. The van der Waals surface area contributed by atoms with E-state index in [1.54, 1.807) is 59.9 Å². The van der Waals surface area contributed by atoms with Gasteiger partial charge in [-0.3, -0.25) is 4.79 Å². The smallest absolute Gasteiger partial charge is 0.254 e. The van der Waals surface area contributed by atoms with Crippen LogP contribution in [0.4, 0.5) is 4.39 Å². The summed E-state index contributed by atoms with van der Waals surface area (Å²) in [6.45, 7) is 0.659. The Kier molecular flexibility index (Phi) is 8.53. The van der Waals surface area contributed by atoms with Crippen LogP contribution in [0.1, 0.15) is 32.2 Å². The van der Waals surface area contributed by atoms with Crippen LogP contribution in [-0.2, 0) is 26.3 Å². The monoisotopic (exact) mass is 526 g/mol. The summed E-state index contributed by atoms with van der Waals surface area (Å²) in [6, 6.07) is 18.3. The summed E-state index contributed by atoms with van der Waals surface area (Å²) >= 11 is 7.40. The van der Waals surface area contributed by atoms with Crippen LogP contribution in [0.3, 0.4) is 0 Å². The molecule has 3 aromatic carbocycles. The molecular weight excluding hydrogens is 503 g/mol. The van der Waals surface area contributed by atoms with E-state index in [0.717, 1.165) is 16.1 Å². The number of ether oxygens (including phenoxy) is 2. The average Bonchev–Trinajstić information content (AvgIpc) is 3.37. The molecule has 0 radical (unpaired) electrons. The summed E-state index contributed by atoms with van der Waals surface area (Å²) in [5.74, 6) is 0.537. The summed E-state index contributed by atoms with van der Waals surface area (Å²) in [6.07, 6.45) is 0. The number of thiazole rings is 1. The van der Waals surface area contributed by atoms with Crippen molar-refractivity contribution in [3.05, 3.63) is 110 Å². The van der Waals surface area contributed by atoms with Crippen molar-refractivity contribution in [3.63, 3.8) is 0 Å². The molecule has 4 rings (SSSR count). The van der Waals surface area contributed by atoms with Crippen molar-refractivity contribution < 1.29 is 23.8 Å². The Morgan fingerprint density at radius 2 is 1.72 bits per heavy atom. The van der Waals surface area contributed by atoms with Gasteiger partial charge in [-0.2, -0.15) is 0 Å². The molecule has 186 valence electrons. The van der Waals surface area contributed by atoms with Gasteiger partial charge in [0.05, 0.1) is 19.4 Å². The highest BCUT2D eigenvalue weighted by molar-refractivity contribution is 7.09. The van der Waals surface area contributed by atoms with Gasteiger partial charge in [0, 0.05) is 29.1 Å². The molecule has 0 saturated carbocycles. The number of benzene rings is 3. The second-order valence-electron chi connectivity index (χ2n) is 7.96. The number of halogens is 2. The number of aliphatic hydroxyl groups excluding tert-OH is 1. The highest BCUT2D eigenvalue weighted by atomic mass is 35.5. The number of nitrogens with zero attached hydrogens (tertiary/aromatic N) is 2. The molecule has 1 amide bonds. The van der Waals surface area contributed by atoms with E-state index in [4.69, 9.17) is 21.1 Å². The van der Waals surface area contributed by atoms with Crippen LogP contribution < -0.4 is 9.47 Å². The van der Waals surface area contributed by atoms with E-state index >= 15 is 0 Å². The number of carbonyl (C=O) groups is 1. The van der Waals surface area contributed by atoms with Gasteiger partial charge in [-0.05, 0) is 59.7 Å². The fourth-order valence-electron chi connectivity index (χ4n) is 3.56. The maximum atomic E-state index is 13.4. The zero-order chi connectivity index (χ0) is 25.5. The quantitative estimate of drug-likeness (QED) is 0.280. The van der Waals surface area contributed by atoms with Gasteiger partial charge in [-0.15, -0.1) is 11.3 Å². The third-order valence-corrected chi connectivity index (χ3v) is 6.50. The molecule has 0 saturated heterocycles. The van der Waals surface area contributed by atoms with Crippen molar-refractivity contribution in [1.29, 1.82) is 0 Å². The third-order valence-electron chi connectivity index (χ3n) is 5.38. The summed E-state index contributed by atoms with van der Waals surface area (Å²) in [7, 11) is 1.56. The highest BCUT2D eigenvalue weighted by Gasteiger charge is 2.18. The van der Waals surface area contributed by atoms with Crippen molar-refractivity contribution in [1.82, 2.24) is 9.88 Å². The molecule has 0 atom stereocenters. The van der Waals surface area contributed by atoms with Crippen LogP contribution in [-0.4, -0.2) is 28.0 Å². The number of carbonyl (C=O) groups excluding carboxylic acids is 1. The summed E-state index contributed by atoms with van der Waals surface area (Å²) < 4.78 is 24.8. The molecule has 9 heteroatoms. The minimum Gasteiger partial charge on any atom is -0.493 e. The van der Waals surface area contributed by atoms with Gasteiger partial charge < -0.3 is 19.5 Å². The van der Waals surface area contributed by atoms with Crippen LogP contribution in [0.15, 0.2) is 72.1 Å². The van der Waals surface area contributed by atoms with Gasteiger partial charge in [-0.25, -0.2) is 9.37 Å². The molecule has 1 heterocycles. The summed E-state index contributed by atoms with van der Waals surface area (Å²) in [5.41, 5.74) is 2.71. The fraction of sp³-hybridized carbons (Fsp3) is 0.185. The molecule has 36 heavy (non-hydrogen) atoms. The molecule has 0 aliphatic rings. The Morgan fingerprint density at radius 1 is 1.03 bits per heavy atom. The molecule has 1 N–H and O–H groups in total. The number of hydrogen-bond acceptors (Lipinski definition) is 6. The zero-order valence-electron chi connectivity index (χ0n) is 19.5. The number of methoxy groups -OCH3 is 1. The van der Waals surface area contributed by atoms with Crippen LogP contribution in [0.25, 0.3) is 0 Å². The molecule has 4 aromatic rings. The van der Waals surface area contributed by atoms with Crippen molar-refractivity contribution >= 4 is 28.8 Å². The van der Waals surface area contributed by atoms with E-state index in [2.05, 4.69) is 4.98 Å². The summed E-state index contributed by atoms with van der Waals surface area (Å²) in [5, 5.41) is 12.3. The standard InChI is InChI=1S/C27H24ClFN2O4S/c1-34-24-11-4-19(12-25(24)35-16-26-30-23(15-32)17-36-26)14-31(13-18-2-9-22(29)10-3-18)27(33)20-5-7-21(28)8-6-20/h2-12,17,32H,13-16H2,1H3. The van der Waals surface area contributed by atoms with Crippen LogP contribution >= 0.6 is 22.9 Å². The van der Waals surface area contributed by atoms with E-state index in [-0.39, 0.29) is 38.0 Å². The van der Waals surface area contributed by atoms with Crippen LogP contribution in [0.2, 0.25) is 5.02 Å². The Morgan fingerprint density at radius 3 is 2.39 bits per heavy atom. The minimum absolute atomic E-state index is 0.124. The van der Waals surface area contributed by atoms with Crippen molar-refractivity contribution in [2.75, 3.05) is 7.11 Å². The maximum absolute atomic E-state index is 13.4. The lowest BCUT2D eigenvalue weighted by Gasteiger charge is -2.24. The molecule has 0 bridgehead atoms. The average molecular weight is 527 g/mol. The topological polar surface area (TPSA) is 71.9 Å². The molecule has 0 fully saturated rings. The van der Waals surface area contributed by atoms with E-state index in [1.165, 1.54) is 23.5 Å². The minimum atomic E-state index is -0.336. The van der Waals surface area contributed by atoms with Gasteiger partial charge in [0.25, 0.3) is 5.91 Å². The Hall–Kier alpha value is -3.46. The molecule has 0 unspecified atom stereocenters. The zero-order valence-corrected chi connectivity index (χ0v) is 21.1. The largest absolute Gasteiger partial charge is 0.493 e. The first-order chi connectivity index (χ1) is 17.4. The second kappa shape index (κ2) is 12.0. The number of amides is 1. The SMILES string of the molecule is COc1ccc(CN(Cc2ccc(F)cc2)C(=O)c2ccc(Cl)cc2)cc1OCc1nc(CO)cs1. The van der Waals surface area contributed by atoms with Crippen LogP contribution in [0, 0.1) is 5.82 Å². The first-order valence-corrected chi connectivity index (χ1v) is 12.3. The van der Waals surface area contributed by atoms with Crippen molar-refractivity contribution in [2.45, 2.75) is 26.3 Å². The highest BCUT2D eigenvalue weighted by Crippen LogP contribution is 2.30. The van der Waals surface area contributed by atoms with Gasteiger partial charge in [0.15, 0.2) is 11.5 Å². The third kappa shape index (κ3) is 6.60. The molecule has 1 aromatic heterocycles. The van der Waals surface area contributed by atoms with Crippen molar-refractivity contribution in [3.8, 4) is 11.5 Å². The van der Waals surface area contributed by atoms with Gasteiger partial charge in [0.1, 0.15) is 17.4 Å². The summed E-state index contributed by atoms with van der Waals surface area (Å²) in [4.78, 5) is 19.4. The number of hydrogen-bond donors (Lipinski definition) is 1. The molecule has 0 aliphatic heterocycles. The number of aromatic nitrogens is 1. The lowest BCUT2D eigenvalue weighted by molar-refractivity contribution is 0.0730. The predicted molar refractivity (Wildman–Crippen MR) is 137 cm³/mol. The Bertz CT molecular complexity index is 1310. The van der Waals surface area contributed by atoms with E-state index in [1.807, 2.05) is 12.1 Å². The fourth-order valence-corrected chi connectivity index (χ4v) is 4.39. The maximum Gasteiger partial charge on any atom is 0.254 e. The van der Waals surface area contributed by atoms with Gasteiger partial charge >= 0.3 is 0 Å². The first-order valence-electron chi connectivity index (χ1n) is 11.1. The molecule has 0 spiro atoms. The van der Waals surface area contributed by atoms with Crippen molar-refractivity contribution in [2.24, 2.45) is 0 Å². The predicted octanol–water partition coefficient (Wildman–Crippen LogP) is 5.86. The van der Waals surface area contributed by atoms with E-state index < -0.39 is 0 Å². The first kappa shape index (κ1) is 25.6. The number of rotatable bonds is 10. The van der Waals surface area contributed by atoms with E-state index in [9.17, 15) is 14.3 Å². The lowest BCUT2D eigenvalue weighted by atomic mass is 10.1. The molecule has 6 nitrogen and oxygen atoms in total. The molecule has 0 aliphatic carbocycles. The number of aliphatic hydroxyl groups is 1. The normalized spacial score (nSPS) is 10.8. The van der Waals surface area contributed by atoms with Crippen LogP contribution in [0.5, 0.6) is 11.5 Å². The molecular formula is C27H24ClFN2O4S. The van der Waals surface area contributed by atoms with Gasteiger partial charge in [-0.1, -0.05) is 29.8 Å². The Labute approximate surface area is 217 Å². The second-order valence-corrected chi connectivity index (χ2v) is 9.34. The van der Waals surface area contributed by atoms with E-state index in [0.29, 0.717) is 27.8 Å². The lowest BCUT2D eigenvalue weighted by Crippen LogP contribution is -2.30.